The van der Waals surface area contributed by atoms with Gasteiger partial charge in [-0.3, -0.25) is 4.79 Å². The molecule has 49 heavy (non-hydrogen) atoms. The van der Waals surface area contributed by atoms with Crippen LogP contribution in [-0.4, -0.2) is 68.5 Å². The quantitative estimate of drug-likeness (QED) is 0.321. The zero-order valence-corrected chi connectivity index (χ0v) is 29.5. The summed E-state index contributed by atoms with van der Waals surface area (Å²) in [5.41, 5.74) is 0.814. The third-order valence-electron chi connectivity index (χ3n) is 10.5. The number of hydrogen-bond acceptors (Lipinski definition) is 10. The number of ether oxygens (including phenoxy) is 3. The highest BCUT2D eigenvalue weighted by Gasteiger charge is 2.48. The summed E-state index contributed by atoms with van der Waals surface area (Å²) in [6.07, 6.45) is 8.56. The second-order valence-corrected chi connectivity index (χ2v) is 15.2. The van der Waals surface area contributed by atoms with E-state index in [0.29, 0.717) is 40.7 Å². The van der Waals surface area contributed by atoms with Gasteiger partial charge in [0.1, 0.15) is 41.2 Å². The van der Waals surface area contributed by atoms with Crippen molar-refractivity contribution in [2.75, 3.05) is 6.54 Å². The SMILES string of the molecule is Cc1cnc(COc2ccc3nc4c(nc3c2)O[C@H]2CN(C(=O)[C@H](C(C)(C)C)NC(=O)O[C@]3(C)CCC[C@H]3CCCCC4)[C@H](C=O)[C@@H]2C)o1. The molecule has 0 radical (unpaired) electrons. The summed E-state index contributed by atoms with van der Waals surface area (Å²) in [4.78, 5) is 55.8. The maximum Gasteiger partial charge on any atom is 0.408 e. The average Bonchev–Trinajstić information content (AvgIpc) is 3.73. The van der Waals surface area contributed by atoms with E-state index in [0.717, 1.165) is 56.9 Å². The molecule has 1 saturated heterocycles. The van der Waals surface area contributed by atoms with Gasteiger partial charge >= 0.3 is 6.09 Å². The minimum atomic E-state index is -0.912. The number of benzene rings is 1. The van der Waals surface area contributed by atoms with Gasteiger partial charge in [-0.25, -0.2) is 19.7 Å². The molecule has 0 spiro atoms. The molecule has 6 rings (SSSR count). The minimum absolute atomic E-state index is 0.157. The Hall–Kier alpha value is -4.22. The Morgan fingerprint density at radius 1 is 1.10 bits per heavy atom. The van der Waals surface area contributed by atoms with Crippen molar-refractivity contribution in [3.05, 3.63) is 41.7 Å². The minimum Gasteiger partial charge on any atom is -0.484 e. The summed E-state index contributed by atoms with van der Waals surface area (Å²) in [6.45, 7) is 11.8. The first-order valence-electron chi connectivity index (χ1n) is 17.6. The van der Waals surface area contributed by atoms with E-state index in [4.69, 9.17) is 28.6 Å². The Morgan fingerprint density at radius 2 is 1.90 bits per heavy atom. The number of aryl methyl sites for hydroxylation is 2. The van der Waals surface area contributed by atoms with Crippen molar-refractivity contribution < 1.29 is 33.0 Å². The lowest BCUT2D eigenvalue weighted by atomic mass is 9.85. The number of aromatic nitrogens is 3. The molecule has 1 aliphatic carbocycles. The number of nitrogens with one attached hydrogen (secondary N) is 1. The van der Waals surface area contributed by atoms with Crippen molar-refractivity contribution in [2.24, 2.45) is 17.3 Å². The van der Waals surface area contributed by atoms with E-state index < -0.39 is 35.3 Å². The summed E-state index contributed by atoms with van der Waals surface area (Å²) in [7, 11) is 0. The van der Waals surface area contributed by atoms with E-state index in [2.05, 4.69) is 10.3 Å². The molecular formula is C37H49N5O7. The van der Waals surface area contributed by atoms with Crippen LogP contribution in [-0.2, 0) is 27.4 Å². The molecule has 3 aliphatic rings. The van der Waals surface area contributed by atoms with Gasteiger partial charge in [-0.05, 0) is 75.8 Å². The fraction of sp³-hybridized carbons (Fsp3) is 0.622. The molecule has 1 N–H and O–H groups in total. The van der Waals surface area contributed by atoms with Crippen molar-refractivity contribution >= 4 is 29.3 Å². The number of amides is 2. The molecule has 3 aromatic rings. The first-order valence-corrected chi connectivity index (χ1v) is 17.6. The van der Waals surface area contributed by atoms with E-state index in [1.165, 1.54) is 4.90 Å². The van der Waals surface area contributed by atoms with Gasteiger partial charge in [-0.1, -0.05) is 40.5 Å². The largest absolute Gasteiger partial charge is 0.484 e. The zero-order valence-electron chi connectivity index (χ0n) is 29.5. The van der Waals surface area contributed by atoms with Crippen molar-refractivity contribution in [1.29, 1.82) is 0 Å². The third-order valence-corrected chi connectivity index (χ3v) is 10.5. The van der Waals surface area contributed by atoms with E-state index in [1.807, 2.05) is 59.7 Å². The molecule has 6 atom stereocenters. The highest BCUT2D eigenvalue weighted by atomic mass is 16.6. The molecule has 2 bridgehead atoms. The molecule has 1 saturated carbocycles. The summed E-state index contributed by atoms with van der Waals surface area (Å²) in [5, 5.41) is 2.90. The van der Waals surface area contributed by atoms with Crippen LogP contribution >= 0.6 is 0 Å². The Kier molecular flexibility index (Phi) is 9.86. The molecule has 2 aliphatic heterocycles. The average molecular weight is 676 g/mol. The summed E-state index contributed by atoms with van der Waals surface area (Å²) >= 11 is 0. The monoisotopic (exact) mass is 675 g/mol. The van der Waals surface area contributed by atoms with E-state index in [9.17, 15) is 14.4 Å². The van der Waals surface area contributed by atoms with Crippen LogP contribution in [0.4, 0.5) is 4.79 Å². The Bertz CT molecular complexity index is 1680. The lowest BCUT2D eigenvalue weighted by Crippen LogP contribution is -2.57. The maximum atomic E-state index is 14.2. The van der Waals surface area contributed by atoms with E-state index in [1.54, 1.807) is 6.20 Å². The number of fused-ring (bicyclic) bond motifs is 5. The lowest BCUT2D eigenvalue weighted by molar-refractivity contribution is -0.139. The second kappa shape index (κ2) is 14.0. The Morgan fingerprint density at radius 3 is 2.63 bits per heavy atom. The molecular weight excluding hydrogens is 626 g/mol. The predicted octanol–water partition coefficient (Wildman–Crippen LogP) is 6.11. The number of hydrogen-bond donors (Lipinski definition) is 1. The van der Waals surface area contributed by atoms with Gasteiger partial charge in [0.15, 0.2) is 6.61 Å². The Labute approximate surface area is 287 Å². The molecule has 1 aromatic carbocycles. The molecule has 2 amide bonds. The maximum absolute atomic E-state index is 14.2. The number of aldehydes is 1. The number of oxazole rings is 1. The van der Waals surface area contributed by atoms with Crippen LogP contribution in [0.25, 0.3) is 11.0 Å². The number of nitrogens with zero attached hydrogens (tertiary/aromatic N) is 4. The van der Waals surface area contributed by atoms with Crippen LogP contribution in [0.1, 0.15) is 96.9 Å². The fourth-order valence-electron chi connectivity index (χ4n) is 7.55. The van der Waals surface area contributed by atoms with Gasteiger partial charge in [0.05, 0.1) is 29.8 Å². The first kappa shape index (κ1) is 34.6. The summed E-state index contributed by atoms with van der Waals surface area (Å²) in [5.74, 6) is 1.73. The van der Waals surface area contributed by atoms with Crippen LogP contribution in [0.15, 0.2) is 28.8 Å². The molecule has 12 heteroatoms. The summed E-state index contributed by atoms with van der Waals surface area (Å²) in [6, 6.07) is 3.89. The van der Waals surface area contributed by atoms with Crippen molar-refractivity contribution in [3.63, 3.8) is 0 Å². The number of carbonyl (C=O) groups excluding carboxylic acids is 3. The van der Waals surface area contributed by atoms with Crippen molar-refractivity contribution in [2.45, 2.75) is 123 Å². The molecule has 0 unspecified atom stereocenters. The normalized spacial score (nSPS) is 28.4. The van der Waals surface area contributed by atoms with Gasteiger partial charge in [0.2, 0.25) is 17.7 Å². The zero-order chi connectivity index (χ0) is 34.9. The van der Waals surface area contributed by atoms with Gasteiger partial charge in [-0.15, -0.1) is 0 Å². The number of rotatable bonds is 4. The van der Waals surface area contributed by atoms with Crippen LogP contribution in [0.5, 0.6) is 11.6 Å². The van der Waals surface area contributed by atoms with Gasteiger partial charge in [0.25, 0.3) is 0 Å². The number of alkyl carbamates (subject to hydrolysis) is 1. The smallest absolute Gasteiger partial charge is 0.408 e. The van der Waals surface area contributed by atoms with Crippen LogP contribution in [0.3, 0.4) is 0 Å². The molecule has 264 valence electrons. The van der Waals surface area contributed by atoms with E-state index in [-0.39, 0.29) is 30.9 Å². The Balaban J connectivity index is 1.32. The lowest BCUT2D eigenvalue weighted by Gasteiger charge is -2.37. The summed E-state index contributed by atoms with van der Waals surface area (Å²) < 4.78 is 24.2. The molecule has 4 heterocycles. The van der Waals surface area contributed by atoms with E-state index >= 15 is 0 Å². The molecule has 2 fully saturated rings. The third kappa shape index (κ3) is 7.52. The highest BCUT2D eigenvalue weighted by molar-refractivity contribution is 5.89. The van der Waals surface area contributed by atoms with Gasteiger partial charge < -0.3 is 33.6 Å². The highest BCUT2D eigenvalue weighted by Crippen LogP contribution is 2.42. The molecule has 2 aromatic heterocycles. The van der Waals surface area contributed by atoms with Crippen LogP contribution < -0.4 is 14.8 Å². The van der Waals surface area contributed by atoms with Crippen molar-refractivity contribution in [3.8, 4) is 11.6 Å². The van der Waals surface area contributed by atoms with Gasteiger partial charge in [-0.2, -0.15) is 0 Å². The van der Waals surface area contributed by atoms with Crippen LogP contribution in [0, 0.1) is 24.2 Å². The number of carbonyl (C=O) groups is 3. The standard InChI is InChI=1S/C37H49N5O7/c1-22-18-38-31(47-22)21-46-25-14-15-26-28(17-25)40-33-27(39-26)13-9-7-8-11-24-12-10-16-37(24,6)49-35(45)41-32(36(3,4)5)34(44)42-19-30(48-33)23(2)29(42)20-43/h14-15,17-18,20,23-24,29-30,32H,7-13,16,19,21H2,1-6H3,(H,41,45)/t23-,24+,29+,30-,32+,37+/m0/s1. The van der Waals surface area contributed by atoms with Crippen LogP contribution in [0.2, 0.25) is 0 Å². The predicted molar refractivity (Wildman–Crippen MR) is 181 cm³/mol. The van der Waals surface area contributed by atoms with Crippen molar-refractivity contribution in [1.82, 2.24) is 25.2 Å². The topological polar surface area (TPSA) is 146 Å². The second-order valence-electron chi connectivity index (χ2n) is 15.2. The van der Waals surface area contributed by atoms with Gasteiger partial charge in [0, 0.05) is 12.0 Å². The first-order chi connectivity index (χ1) is 23.3. The fourth-order valence-corrected chi connectivity index (χ4v) is 7.55. The molecule has 12 nitrogen and oxygen atoms in total.